The van der Waals surface area contributed by atoms with Gasteiger partial charge in [-0.05, 0) is 44.0 Å². The molecular formula is C17H21NO3. The Hall–Kier alpha value is -1.83. The summed E-state index contributed by atoms with van der Waals surface area (Å²) in [5, 5.41) is 8.67. The van der Waals surface area contributed by atoms with Crippen LogP contribution in [0.2, 0.25) is 0 Å². The van der Waals surface area contributed by atoms with E-state index >= 15 is 0 Å². The Balaban J connectivity index is 2.09. The van der Waals surface area contributed by atoms with Crippen molar-refractivity contribution in [3.05, 3.63) is 35.4 Å². The second-order valence-corrected chi connectivity index (χ2v) is 5.52. The number of nitrogens with zero attached hydrogens (tertiary/aromatic N) is 1. The zero-order valence-electron chi connectivity index (χ0n) is 12.6. The van der Waals surface area contributed by atoms with E-state index in [1.54, 1.807) is 31.4 Å². The molecule has 2 rings (SSSR count). The first-order valence-corrected chi connectivity index (χ1v) is 7.12. The van der Waals surface area contributed by atoms with Crippen LogP contribution in [0.15, 0.2) is 24.3 Å². The van der Waals surface area contributed by atoms with E-state index in [2.05, 4.69) is 11.8 Å². The molecule has 1 fully saturated rings. The van der Waals surface area contributed by atoms with Gasteiger partial charge >= 0.3 is 0 Å². The molecule has 1 unspecified atom stereocenters. The summed E-state index contributed by atoms with van der Waals surface area (Å²) in [6.45, 7) is 3.27. The van der Waals surface area contributed by atoms with Crippen LogP contribution in [0.4, 0.5) is 0 Å². The third-order valence-electron chi connectivity index (χ3n) is 3.88. The third-order valence-corrected chi connectivity index (χ3v) is 3.88. The number of hydrogen-bond acceptors (Lipinski definition) is 3. The molecule has 1 heterocycles. The Morgan fingerprint density at radius 1 is 1.43 bits per heavy atom. The minimum absolute atomic E-state index is 0.0274. The molecule has 4 nitrogen and oxygen atoms in total. The Labute approximate surface area is 125 Å². The number of likely N-dealkylation sites (tertiary alicyclic amines) is 1. The number of methoxy groups -OCH3 is 1. The van der Waals surface area contributed by atoms with E-state index < -0.39 is 0 Å². The fraction of sp³-hybridized carbons (Fsp3) is 0.471. The van der Waals surface area contributed by atoms with Gasteiger partial charge in [-0.2, -0.15) is 0 Å². The number of piperidine rings is 1. The molecule has 1 aromatic carbocycles. The molecule has 0 aromatic heterocycles. The van der Waals surface area contributed by atoms with Crippen LogP contribution in [-0.4, -0.2) is 48.3 Å². The lowest BCUT2D eigenvalue weighted by Gasteiger charge is -2.39. The number of aliphatic hydroxyl groups excluding tert-OH is 1. The normalized spacial score (nSPS) is 21.6. The van der Waals surface area contributed by atoms with Crippen LogP contribution in [0.3, 0.4) is 0 Å². The maximum atomic E-state index is 12.5. The first kappa shape index (κ1) is 15.6. The van der Waals surface area contributed by atoms with Gasteiger partial charge in [0.25, 0.3) is 5.91 Å². The second kappa shape index (κ2) is 6.75. The Bertz CT molecular complexity index is 556. The summed E-state index contributed by atoms with van der Waals surface area (Å²) in [6, 6.07) is 7.16. The molecule has 21 heavy (non-hydrogen) atoms. The molecule has 1 saturated heterocycles. The smallest absolute Gasteiger partial charge is 0.253 e. The van der Waals surface area contributed by atoms with Crippen molar-refractivity contribution in [3.63, 3.8) is 0 Å². The Morgan fingerprint density at radius 2 is 2.14 bits per heavy atom. The van der Waals surface area contributed by atoms with Crippen molar-refractivity contribution < 1.29 is 14.6 Å². The highest BCUT2D eigenvalue weighted by molar-refractivity contribution is 5.94. The zero-order chi connectivity index (χ0) is 15.3. The van der Waals surface area contributed by atoms with E-state index in [0.29, 0.717) is 12.1 Å². The topological polar surface area (TPSA) is 49.8 Å². The molecule has 1 amide bonds. The molecule has 0 spiro atoms. The van der Waals surface area contributed by atoms with E-state index in [1.165, 1.54) is 0 Å². The van der Waals surface area contributed by atoms with Gasteiger partial charge in [0.2, 0.25) is 0 Å². The number of aliphatic hydroxyl groups is 1. The minimum Gasteiger partial charge on any atom is -0.384 e. The van der Waals surface area contributed by atoms with Crippen LogP contribution in [0.1, 0.15) is 35.7 Å². The highest BCUT2D eigenvalue weighted by Gasteiger charge is 2.33. The first-order chi connectivity index (χ1) is 10.1. The predicted octanol–water partition coefficient (Wildman–Crippen LogP) is 1.67. The number of carbonyl (C=O) groups excluding carboxylic acids is 1. The van der Waals surface area contributed by atoms with Crippen molar-refractivity contribution in [2.24, 2.45) is 0 Å². The fourth-order valence-corrected chi connectivity index (χ4v) is 2.57. The summed E-state index contributed by atoms with van der Waals surface area (Å²) in [4.78, 5) is 14.4. The average Bonchev–Trinajstić information content (AvgIpc) is 2.53. The van der Waals surface area contributed by atoms with Crippen LogP contribution in [0.25, 0.3) is 0 Å². The van der Waals surface area contributed by atoms with E-state index in [1.807, 2.05) is 11.8 Å². The van der Waals surface area contributed by atoms with Crippen LogP contribution in [0.5, 0.6) is 0 Å². The molecule has 1 aromatic rings. The molecule has 0 aliphatic carbocycles. The highest BCUT2D eigenvalue weighted by atomic mass is 16.5. The molecule has 1 aliphatic rings. The SMILES string of the molecule is COC1(C)CCCN(C(=O)c2ccc(C#CCO)cc2)C1. The maximum absolute atomic E-state index is 12.5. The van der Waals surface area contributed by atoms with Gasteiger partial charge in [-0.25, -0.2) is 0 Å². The molecule has 4 heteroatoms. The van der Waals surface area contributed by atoms with Crippen LogP contribution in [-0.2, 0) is 4.74 Å². The summed E-state index contributed by atoms with van der Waals surface area (Å²) >= 11 is 0. The van der Waals surface area contributed by atoms with Gasteiger partial charge in [0.15, 0.2) is 0 Å². The lowest BCUT2D eigenvalue weighted by Crippen LogP contribution is -2.49. The second-order valence-electron chi connectivity index (χ2n) is 5.52. The largest absolute Gasteiger partial charge is 0.384 e. The number of hydrogen-bond donors (Lipinski definition) is 1. The van der Waals surface area contributed by atoms with Gasteiger partial charge in [-0.15, -0.1) is 0 Å². The summed E-state index contributed by atoms with van der Waals surface area (Å²) in [5.41, 5.74) is 1.20. The van der Waals surface area contributed by atoms with Crippen molar-refractivity contribution in [1.29, 1.82) is 0 Å². The van der Waals surface area contributed by atoms with Gasteiger partial charge in [0.05, 0.1) is 5.60 Å². The molecule has 112 valence electrons. The number of amides is 1. The van der Waals surface area contributed by atoms with E-state index in [0.717, 1.165) is 24.9 Å². The number of rotatable bonds is 2. The van der Waals surface area contributed by atoms with Crippen molar-refractivity contribution in [1.82, 2.24) is 4.90 Å². The summed E-state index contributed by atoms with van der Waals surface area (Å²) in [6.07, 6.45) is 1.93. The summed E-state index contributed by atoms with van der Waals surface area (Å²) < 4.78 is 5.52. The minimum atomic E-state index is -0.250. The number of ether oxygens (including phenoxy) is 1. The van der Waals surface area contributed by atoms with Gasteiger partial charge in [0.1, 0.15) is 6.61 Å². The molecule has 0 saturated carbocycles. The summed E-state index contributed by atoms with van der Waals surface area (Å²) in [5.74, 6) is 5.43. The van der Waals surface area contributed by atoms with Crippen molar-refractivity contribution >= 4 is 5.91 Å². The first-order valence-electron chi connectivity index (χ1n) is 7.12. The lowest BCUT2D eigenvalue weighted by molar-refractivity contribution is -0.0440. The van der Waals surface area contributed by atoms with Crippen LogP contribution < -0.4 is 0 Å². The number of carbonyl (C=O) groups is 1. The molecule has 1 N–H and O–H groups in total. The van der Waals surface area contributed by atoms with Gasteiger partial charge in [-0.1, -0.05) is 11.8 Å². The van der Waals surface area contributed by atoms with Crippen LogP contribution >= 0.6 is 0 Å². The zero-order valence-corrected chi connectivity index (χ0v) is 12.6. The predicted molar refractivity (Wildman–Crippen MR) is 81.0 cm³/mol. The fourth-order valence-electron chi connectivity index (χ4n) is 2.57. The van der Waals surface area contributed by atoms with Gasteiger partial charge in [0, 0.05) is 31.3 Å². The van der Waals surface area contributed by atoms with Crippen molar-refractivity contribution in [2.75, 3.05) is 26.8 Å². The van der Waals surface area contributed by atoms with Crippen molar-refractivity contribution in [2.45, 2.75) is 25.4 Å². The summed E-state index contributed by atoms with van der Waals surface area (Å²) in [7, 11) is 1.70. The van der Waals surface area contributed by atoms with Crippen LogP contribution in [0, 0.1) is 11.8 Å². The monoisotopic (exact) mass is 287 g/mol. The maximum Gasteiger partial charge on any atom is 0.253 e. The van der Waals surface area contributed by atoms with E-state index in [9.17, 15) is 4.79 Å². The molecule has 1 atom stereocenters. The molecule has 1 aliphatic heterocycles. The quantitative estimate of drug-likeness (QED) is 0.842. The Kier molecular flexibility index (Phi) is 5.00. The highest BCUT2D eigenvalue weighted by Crippen LogP contribution is 2.25. The van der Waals surface area contributed by atoms with Gasteiger partial charge < -0.3 is 14.7 Å². The van der Waals surface area contributed by atoms with E-state index in [-0.39, 0.29) is 18.1 Å². The average molecular weight is 287 g/mol. The molecule has 0 radical (unpaired) electrons. The standard InChI is InChI=1S/C17H21NO3/c1-17(21-2)10-4-11-18(13-17)16(20)15-8-6-14(7-9-15)5-3-12-19/h6-9,19H,4,10-13H2,1-2H3. The third kappa shape index (κ3) is 3.84. The lowest BCUT2D eigenvalue weighted by atomic mass is 9.94. The van der Waals surface area contributed by atoms with E-state index in [4.69, 9.17) is 9.84 Å². The molecular weight excluding hydrogens is 266 g/mol. The number of benzene rings is 1. The van der Waals surface area contributed by atoms with Crippen molar-refractivity contribution in [3.8, 4) is 11.8 Å². The Morgan fingerprint density at radius 3 is 2.76 bits per heavy atom. The molecule has 0 bridgehead atoms. The van der Waals surface area contributed by atoms with Gasteiger partial charge in [-0.3, -0.25) is 4.79 Å².